The summed E-state index contributed by atoms with van der Waals surface area (Å²) >= 11 is 3.19. The summed E-state index contributed by atoms with van der Waals surface area (Å²) in [5.74, 6) is -0.164. The van der Waals surface area contributed by atoms with Crippen LogP contribution in [0.15, 0.2) is 23.2 Å². The third kappa shape index (κ3) is 1.67. The quantitative estimate of drug-likeness (QED) is 0.759. The van der Waals surface area contributed by atoms with Crippen molar-refractivity contribution in [3.05, 3.63) is 34.6 Å². The van der Waals surface area contributed by atoms with Crippen LogP contribution in [-0.2, 0) is 0 Å². The van der Waals surface area contributed by atoms with Gasteiger partial charge in [0.1, 0.15) is 0 Å². The minimum Gasteiger partial charge on any atom is -0.492 e. The molecule has 64 valence electrons. The highest BCUT2D eigenvalue weighted by atomic mass is 79.9. The van der Waals surface area contributed by atoms with Crippen LogP contribution in [0.1, 0.15) is 5.56 Å². The van der Waals surface area contributed by atoms with Crippen molar-refractivity contribution in [1.82, 2.24) is 0 Å². The Morgan fingerprint density at radius 2 is 2.25 bits per heavy atom. The van der Waals surface area contributed by atoms with Gasteiger partial charge in [-0.1, -0.05) is 12.7 Å². The van der Waals surface area contributed by atoms with Crippen LogP contribution in [0.25, 0.3) is 6.08 Å². The van der Waals surface area contributed by atoms with Crippen LogP contribution in [0.2, 0.25) is 0 Å². The molecule has 0 bridgehead atoms. The highest BCUT2D eigenvalue weighted by molar-refractivity contribution is 9.10. The van der Waals surface area contributed by atoms with Crippen LogP contribution in [-0.4, -0.2) is 7.11 Å². The molecule has 0 aliphatic rings. The van der Waals surface area contributed by atoms with Crippen LogP contribution >= 0.6 is 15.9 Å². The Hall–Kier alpha value is -0.830. The van der Waals surface area contributed by atoms with Gasteiger partial charge in [-0.25, -0.2) is 4.39 Å². The summed E-state index contributed by atoms with van der Waals surface area (Å²) in [6.45, 7) is 3.54. The zero-order chi connectivity index (χ0) is 9.14. The predicted octanol–water partition coefficient (Wildman–Crippen LogP) is 3.24. The molecule has 3 heteroatoms. The molecular formula is C9H8BrFO. The second kappa shape index (κ2) is 3.72. The highest BCUT2D eigenvalue weighted by Gasteiger charge is 2.07. The van der Waals surface area contributed by atoms with Crippen molar-refractivity contribution < 1.29 is 9.13 Å². The van der Waals surface area contributed by atoms with E-state index in [0.29, 0.717) is 4.47 Å². The Bertz CT molecular complexity index is 286. The Morgan fingerprint density at radius 1 is 1.58 bits per heavy atom. The van der Waals surface area contributed by atoms with Gasteiger partial charge in [-0.2, -0.15) is 0 Å². The predicted molar refractivity (Wildman–Crippen MR) is 50.7 cm³/mol. The van der Waals surface area contributed by atoms with Crippen molar-refractivity contribution in [3.8, 4) is 5.75 Å². The van der Waals surface area contributed by atoms with Crippen LogP contribution < -0.4 is 4.74 Å². The molecule has 1 nitrogen and oxygen atoms in total. The van der Waals surface area contributed by atoms with E-state index in [1.807, 2.05) is 0 Å². The van der Waals surface area contributed by atoms with Gasteiger partial charge >= 0.3 is 0 Å². The van der Waals surface area contributed by atoms with E-state index < -0.39 is 0 Å². The Labute approximate surface area is 79.0 Å². The molecule has 1 aromatic carbocycles. The summed E-state index contributed by atoms with van der Waals surface area (Å²) in [5.41, 5.74) is 0.722. The molecule has 0 radical (unpaired) electrons. The second-order valence-electron chi connectivity index (χ2n) is 2.22. The molecule has 0 saturated heterocycles. The molecule has 0 amide bonds. The Morgan fingerprint density at radius 3 is 2.67 bits per heavy atom. The number of benzene rings is 1. The van der Waals surface area contributed by atoms with Crippen LogP contribution in [0.5, 0.6) is 5.75 Å². The van der Waals surface area contributed by atoms with Gasteiger partial charge in [0, 0.05) is 0 Å². The minimum absolute atomic E-state index is 0.223. The van der Waals surface area contributed by atoms with Crippen molar-refractivity contribution in [3.63, 3.8) is 0 Å². The molecule has 0 atom stereocenters. The zero-order valence-corrected chi connectivity index (χ0v) is 8.19. The molecule has 0 aliphatic heterocycles. The van der Waals surface area contributed by atoms with Crippen molar-refractivity contribution >= 4 is 22.0 Å². The summed E-state index contributed by atoms with van der Waals surface area (Å²) in [6.07, 6.45) is 1.58. The van der Waals surface area contributed by atoms with Crippen molar-refractivity contribution in [2.45, 2.75) is 0 Å². The molecule has 0 fully saturated rings. The van der Waals surface area contributed by atoms with E-state index in [1.165, 1.54) is 13.2 Å². The topological polar surface area (TPSA) is 9.23 Å². The molecule has 0 saturated carbocycles. The lowest BCUT2D eigenvalue weighted by molar-refractivity contribution is 0.383. The summed E-state index contributed by atoms with van der Waals surface area (Å²) in [6, 6.07) is 3.12. The fourth-order valence-electron chi connectivity index (χ4n) is 0.892. The van der Waals surface area contributed by atoms with Crippen LogP contribution in [0.4, 0.5) is 4.39 Å². The average Bonchev–Trinajstić information content (AvgIpc) is 2.03. The Balaban J connectivity index is 3.27. The third-order valence-corrected chi connectivity index (χ3v) is 2.05. The number of methoxy groups -OCH3 is 1. The van der Waals surface area contributed by atoms with Crippen molar-refractivity contribution in [2.75, 3.05) is 7.11 Å². The van der Waals surface area contributed by atoms with Gasteiger partial charge < -0.3 is 4.74 Å². The lowest BCUT2D eigenvalue weighted by Crippen LogP contribution is -1.90. The lowest BCUT2D eigenvalue weighted by Gasteiger charge is -2.05. The van der Waals surface area contributed by atoms with E-state index in [2.05, 4.69) is 22.5 Å². The number of halogens is 2. The van der Waals surface area contributed by atoms with Gasteiger partial charge in [-0.3, -0.25) is 0 Å². The Kier molecular flexibility index (Phi) is 2.87. The first kappa shape index (κ1) is 9.26. The first-order valence-corrected chi connectivity index (χ1v) is 4.13. The number of rotatable bonds is 2. The van der Waals surface area contributed by atoms with Gasteiger partial charge in [0.25, 0.3) is 0 Å². The average molecular weight is 231 g/mol. The number of hydrogen-bond acceptors (Lipinski definition) is 1. The summed E-state index contributed by atoms with van der Waals surface area (Å²) < 4.78 is 18.5. The number of ether oxygens (including phenoxy) is 1. The van der Waals surface area contributed by atoms with E-state index in [-0.39, 0.29) is 11.6 Å². The normalized spacial score (nSPS) is 9.58. The monoisotopic (exact) mass is 230 g/mol. The maximum absolute atomic E-state index is 13.1. The first-order chi connectivity index (χ1) is 5.69. The largest absolute Gasteiger partial charge is 0.492 e. The molecule has 0 aliphatic carbocycles. The van der Waals surface area contributed by atoms with Crippen LogP contribution in [0, 0.1) is 5.82 Å². The molecule has 0 aromatic heterocycles. The fraction of sp³-hybridized carbons (Fsp3) is 0.111. The van der Waals surface area contributed by atoms with E-state index in [1.54, 1.807) is 12.1 Å². The van der Waals surface area contributed by atoms with Gasteiger partial charge in [-0.15, -0.1) is 0 Å². The smallest absolute Gasteiger partial charge is 0.168 e. The SMILES string of the molecule is C=Cc1cc(F)c(OC)c(Br)c1. The molecule has 0 heterocycles. The molecule has 0 unspecified atom stereocenters. The molecule has 12 heavy (non-hydrogen) atoms. The number of hydrogen-bond donors (Lipinski definition) is 0. The van der Waals surface area contributed by atoms with Gasteiger partial charge in [-0.05, 0) is 33.6 Å². The zero-order valence-electron chi connectivity index (χ0n) is 6.60. The third-order valence-electron chi connectivity index (χ3n) is 1.46. The van der Waals surface area contributed by atoms with Crippen molar-refractivity contribution in [1.29, 1.82) is 0 Å². The van der Waals surface area contributed by atoms with Gasteiger partial charge in [0.05, 0.1) is 11.6 Å². The summed E-state index contributed by atoms with van der Waals surface area (Å²) in [5, 5.41) is 0. The van der Waals surface area contributed by atoms with E-state index in [9.17, 15) is 4.39 Å². The molecule has 0 N–H and O–H groups in total. The van der Waals surface area contributed by atoms with Gasteiger partial charge in [0.2, 0.25) is 0 Å². The van der Waals surface area contributed by atoms with Gasteiger partial charge in [0.15, 0.2) is 11.6 Å². The van der Waals surface area contributed by atoms with Crippen LogP contribution in [0.3, 0.4) is 0 Å². The maximum atomic E-state index is 13.1. The standard InChI is InChI=1S/C9H8BrFO/c1-3-6-4-7(10)9(12-2)8(11)5-6/h3-5H,1H2,2H3. The van der Waals surface area contributed by atoms with E-state index in [4.69, 9.17) is 4.74 Å². The molecule has 1 aromatic rings. The van der Waals surface area contributed by atoms with Crippen molar-refractivity contribution in [2.24, 2.45) is 0 Å². The fourth-order valence-corrected chi connectivity index (χ4v) is 1.51. The summed E-state index contributed by atoms with van der Waals surface area (Å²) in [4.78, 5) is 0. The minimum atomic E-state index is -0.387. The molecule has 0 spiro atoms. The lowest BCUT2D eigenvalue weighted by atomic mass is 10.2. The summed E-state index contributed by atoms with van der Waals surface area (Å²) in [7, 11) is 1.43. The first-order valence-electron chi connectivity index (χ1n) is 3.34. The maximum Gasteiger partial charge on any atom is 0.168 e. The van der Waals surface area contributed by atoms with E-state index >= 15 is 0 Å². The second-order valence-corrected chi connectivity index (χ2v) is 3.08. The molecular weight excluding hydrogens is 223 g/mol. The van der Waals surface area contributed by atoms with E-state index in [0.717, 1.165) is 5.56 Å². The molecule has 1 rings (SSSR count). The highest BCUT2D eigenvalue weighted by Crippen LogP contribution is 2.29.